The Balaban J connectivity index is 2.28. The number of nitrogens with zero attached hydrogens (tertiary/aromatic N) is 1. The molecule has 0 radical (unpaired) electrons. The Kier molecular flexibility index (Phi) is 3.91. The molecule has 1 aliphatic heterocycles. The molecule has 1 heterocycles. The molecule has 2 rings (SSSR count). The quantitative estimate of drug-likeness (QED) is 0.850. The summed E-state index contributed by atoms with van der Waals surface area (Å²) in [6.07, 6.45) is 3.21. The van der Waals surface area contributed by atoms with Crippen molar-refractivity contribution in [2.24, 2.45) is 0 Å². The molecular weight excluding hydrogens is 250 g/mol. The minimum Gasteiger partial charge on any atom is -0.480 e. The van der Waals surface area contributed by atoms with Gasteiger partial charge in [0.25, 0.3) is 5.91 Å². The van der Waals surface area contributed by atoms with Crippen molar-refractivity contribution < 1.29 is 14.7 Å². The summed E-state index contributed by atoms with van der Waals surface area (Å²) < 4.78 is 0. The Labute approximate surface area is 110 Å². The van der Waals surface area contributed by atoms with Gasteiger partial charge in [0.15, 0.2) is 0 Å². The van der Waals surface area contributed by atoms with Crippen LogP contribution in [-0.2, 0) is 4.79 Å². The summed E-state index contributed by atoms with van der Waals surface area (Å²) in [4.78, 5) is 25.9. The van der Waals surface area contributed by atoms with Crippen LogP contribution in [0.2, 0.25) is 0 Å². The molecule has 1 aromatic carbocycles. The molecule has 0 aromatic heterocycles. The van der Waals surface area contributed by atoms with Gasteiger partial charge in [0.05, 0.1) is 5.56 Å². The lowest BCUT2D eigenvalue weighted by Gasteiger charge is -2.22. The van der Waals surface area contributed by atoms with E-state index < -0.39 is 12.0 Å². The van der Waals surface area contributed by atoms with Gasteiger partial charge in [0.2, 0.25) is 0 Å². The van der Waals surface area contributed by atoms with Crippen molar-refractivity contribution in [3.05, 3.63) is 29.8 Å². The molecule has 1 aromatic rings. The van der Waals surface area contributed by atoms with E-state index >= 15 is 0 Å². The first kappa shape index (κ1) is 13.0. The molecule has 0 spiro atoms. The van der Waals surface area contributed by atoms with Gasteiger partial charge in [-0.05, 0) is 31.2 Å². The summed E-state index contributed by atoms with van der Waals surface area (Å²) in [5, 5.41) is 9.11. The predicted molar refractivity (Wildman–Crippen MR) is 69.9 cm³/mol. The molecule has 0 unspecified atom stereocenters. The maximum absolute atomic E-state index is 12.4. The van der Waals surface area contributed by atoms with Crippen molar-refractivity contribution >= 4 is 23.6 Å². The number of hydrogen-bond acceptors (Lipinski definition) is 3. The highest BCUT2D eigenvalue weighted by molar-refractivity contribution is 7.98. The number of thioether (sulfide) groups is 1. The van der Waals surface area contributed by atoms with Crippen LogP contribution in [0, 0.1) is 0 Å². The predicted octanol–water partition coefficient (Wildman–Crippen LogP) is 2.10. The van der Waals surface area contributed by atoms with Gasteiger partial charge >= 0.3 is 5.97 Å². The van der Waals surface area contributed by atoms with Crippen LogP contribution in [0.4, 0.5) is 0 Å². The molecule has 0 aliphatic carbocycles. The smallest absolute Gasteiger partial charge is 0.326 e. The maximum Gasteiger partial charge on any atom is 0.326 e. The van der Waals surface area contributed by atoms with E-state index in [1.165, 1.54) is 16.7 Å². The largest absolute Gasteiger partial charge is 0.480 e. The molecule has 18 heavy (non-hydrogen) atoms. The lowest BCUT2D eigenvalue weighted by Crippen LogP contribution is -2.40. The van der Waals surface area contributed by atoms with E-state index in [2.05, 4.69) is 0 Å². The van der Waals surface area contributed by atoms with Crippen LogP contribution < -0.4 is 0 Å². The Bertz CT molecular complexity index is 475. The Morgan fingerprint density at radius 2 is 2.11 bits per heavy atom. The Morgan fingerprint density at radius 1 is 1.39 bits per heavy atom. The molecule has 4 nitrogen and oxygen atoms in total. The van der Waals surface area contributed by atoms with Crippen LogP contribution in [-0.4, -0.2) is 40.7 Å². The summed E-state index contributed by atoms with van der Waals surface area (Å²) in [5.41, 5.74) is 0.596. The fourth-order valence-corrected chi connectivity index (χ4v) is 2.83. The zero-order valence-electron chi connectivity index (χ0n) is 10.1. The van der Waals surface area contributed by atoms with E-state index in [4.69, 9.17) is 5.11 Å². The molecule has 1 N–H and O–H groups in total. The fourth-order valence-electron chi connectivity index (χ4n) is 2.24. The van der Waals surface area contributed by atoms with Crippen molar-refractivity contribution in [2.45, 2.75) is 23.8 Å². The van der Waals surface area contributed by atoms with Gasteiger partial charge in [0.1, 0.15) is 6.04 Å². The third-order valence-corrected chi connectivity index (χ3v) is 3.93. The minimum atomic E-state index is -0.914. The standard InChI is InChI=1S/C13H15NO3S/c1-18-11-7-3-2-5-9(11)12(15)14-8-4-6-10(14)13(16)17/h2-3,5,7,10H,4,6,8H2,1H3,(H,16,17)/t10-/m1/s1. The number of aliphatic carboxylic acids is 1. The number of amides is 1. The minimum absolute atomic E-state index is 0.176. The average molecular weight is 265 g/mol. The highest BCUT2D eigenvalue weighted by Gasteiger charge is 2.34. The molecule has 1 saturated heterocycles. The second-order valence-corrected chi connectivity index (χ2v) is 5.04. The van der Waals surface area contributed by atoms with E-state index in [0.29, 0.717) is 18.5 Å². The summed E-state index contributed by atoms with van der Waals surface area (Å²) in [6, 6.07) is 6.64. The highest BCUT2D eigenvalue weighted by atomic mass is 32.2. The van der Waals surface area contributed by atoms with Gasteiger partial charge in [-0.1, -0.05) is 12.1 Å². The molecule has 0 bridgehead atoms. The molecule has 5 heteroatoms. The number of hydrogen-bond donors (Lipinski definition) is 1. The number of rotatable bonds is 3. The lowest BCUT2D eigenvalue weighted by molar-refractivity contribution is -0.141. The number of carboxylic acids is 1. The second-order valence-electron chi connectivity index (χ2n) is 4.20. The van der Waals surface area contributed by atoms with Crippen LogP contribution in [0.1, 0.15) is 23.2 Å². The van der Waals surface area contributed by atoms with Gasteiger partial charge in [-0.3, -0.25) is 4.79 Å². The van der Waals surface area contributed by atoms with Crippen LogP contribution in [0.25, 0.3) is 0 Å². The van der Waals surface area contributed by atoms with Crippen LogP contribution >= 0.6 is 11.8 Å². The van der Waals surface area contributed by atoms with Crippen LogP contribution in [0.15, 0.2) is 29.2 Å². The summed E-state index contributed by atoms with van der Waals surface area (Å²) in [7, 11) is 0. The summed E-state index contributed by atoms with van der Waals surface area (Å²) in [6.45, 7) is 0.526. The van der Waals surface area contributed by atoms with Gasteiger partial charge in [-0.15, -0.1) is 11.8 Å². The number of likely N-dealkylation sites (tertiary alicyclic amines) is 1. The third-order valence-electron chi connectivity index (χ3n) is 3.14. The molecule has 1 atom stereocenters. The first-order valence-corrected chi connectivity index (χ1v) is 7.04. The maximum atomic E-state index is 12.4. The van der Waals surface area contributed by atoms with Crippen molar-refractivity contribution in [3.8, 4) is 0 Å². The van der Waals surface area contributed by atoms with E-state index in [1.807, 2.05) is 18.4 Å². The molecule has 96 valence electrons. The van der Waals surface area contributed by atoms with Gasteiger partial charge in [-0.25, -0.2) is 4.79 Å². The van der Waals surface area contributed by atoms with Crippen molar-refractivity contribution in [2.75, 3.05) is 12.8 Å². The van der Waals surface area contributed by atoms with Crippen molar-refractivity contribution in [1.29, 1.82) is 0 Å². The molecule has 1 aliphatic rings. The fraction of sp³-hybridized carbons (Fsp3) is 0.385. The average Bonchev–Trinajstić information content (AvgIpc) is 2.87. The van der Waals surface area contributed by atoms with Gasteiger partial charge < -0.3 is 10.0 Å². The van der Waals surface area contributed by atoms with Gasteiger partial charge in [-0.2, -0.15) is 0 Å². The first-order valence-electron chi connectivity index (χ1n) is 5.82. The van der Waals surface area contributed by atoms with Crippen molar-refractivity contribution in [1.82, 2.24) is 4.90 Å². The molecular formula is C13H15NO3S. The second kappa shape index (κ2) is 5.44. The summed E-state index contributed by atoms with van der Waals surface area (Å²) >= 11 is 1.50. The number of carboxylic acid groups (broad SMARTS) is 1. The number of carbonyl (C=O) groups is 2. The SMILES string of the molecule is CSc1ccccc1C(=O)N1CCC[C@@H]1C(=O)O. The monoisotopic (exact) mass is 265 g/mol. The van der Waals surface area contributed by atoms with E-state index in [9.17, 15) is 9.59 Å². The van der Waals surface area contributed by atoms with Crippen LogP contribution in [0.3, 0.4) is 0 Å². The molecule has 1 fully saturated rings. The zero-order chi connectivity index (χ0) is 13.1. The van der Waals surface area contributed by atoms with Crippen LogP contribution in [0.5, 0.6) is 0 Å². The zero-order valence-corrected chi connectivity index (χ0v) is 10.9. The Morgan fingerprint density at radius 3 is 2.78 bits per heavy atom. The third kappa shape index (κ3) is 2.36. The highest BCUT2D eigenvalue weighted by Crippen LogP contribution is 2.25. The first-order chi connectivity index (χ1) is 8.65. The normalized spacial score (nSPS) is 18.9. The van der Waals surface area contributed by atoms with E-state index in [1.54, 1.807) is 12.1 Å². The topological polar surface area (TPSA) is 57.6 Å². The summed E-state index contributed by atoms with van der Waals surface area (Å²) in [5.74, 6) is -1.09. The van der Waals surface area contributed by atoms with Crippen molar-refractivity contribution in [3.63, 3.8) is 0 Å². The van der Waals surface area contributed by atoms with E-state index in [-0.39, 0.29) is 5.91 Å². The number of benzene rings is 1. The van der Waals surface area contributed by atoms with Gasteiger partial charge in [0, 0.05) is 11.4 Å². The van der Waals surface area contributed by atoms with E-state index in [0.717, 1.165) is 11.3 Å². The number of carbonyl (C=O) groups excluding carboxylic acids is 1. The lowest BCUT2D eigenvalue weighted by atomic mass is 10.1. The molecule has 0 saturated carbocycles. The molecule has 1 amide bonds. The Hall–Kier alpha value is -1.49.